The predicted octanol–water partition coefficient (Wildman–Crippen LogP) is 4.04. The molecular weight excluding hydrogens is 412 g/mol. The van der Waals surface area contributed by atoms with Crippen molar-refractivity contribution in [3.63, 3.8) is 0 Å². The Kier molecular flexibility index (Phi) is 11.6. The first-order valence-corrected chi connectivity index (χ1v) is 11.6. The minimum absolute atomic E-state index is 0.0462. The molecule has 3 N–H and O–H groups in total. The van der Waals surface area contributed by atoms with Crippen LogP contribution in [0.25, 0.3) is 0 Å². The van der Waals surface area contributed by atoms with Gasteiger partial charge in [-0.1, -0.05) is 68.9 Å². The number of carbonyl (C=O) groups is 3. The van der Waals surface area contributed by atoms with E-state index in [1.54, 1.807) is 30.3 Å². The lowest BCUT2D eigenvalue weighted by Crippen LogP contribution is -2.40. The van der Waals surface area contributed by atoms with Crippen LogP contribution >= 0.6 is 0 Å². The van der Waals surface area contributed by atoms with Crippen molar-refractivity contribution in [3.8, 4) is 0 Å². The molecule has 2 fully saturated rings. The van der Waals surface area contributed by atoms with Gasteiger partial charge in [0.15, 0.2) is 0 Å². The van der Waals surface area contributed by atoms with Crippen LogP contribution in [0.3, 0.4) is 0 Å². The largest absolute Gasteiger partial charge is 0.480 e. The van der Waals surface area contributed by atoms with Crippen molar-refractivity contribution < 1.29 is 29.3 Å². The molecule has 8 nitrogen and oxygen atoms in total. The van der Waals surface area contributed by atoms with Crippen molar-refractivity contribution >= 4 is 18.0 Å². The number of amides is 1. The minimum atomic E-state index is -1.31. The number of aliphatic carboxylic acids is 2. The number of hydrogen-bond donors (Lipinski definition) is 3. The molecule has 0 aliphatic heterocycles. The summed E-state index contributed by atoms with van der Waals surface area (Å²) < 4.78 is 4.85. The van der Waals surface area contributed by atoms with E-state index >= 15 is 0 Å². The zero-order valence-electron chi connectivity index (χ0n) is 18.7. The third-order valence-corrected chi connectivity index (χ3v) is 5.80. The molecule has 2 aliphatic carbocycles. The Bertz CT molecular complexity index is 668. The van der Waals surface area contributed by atoms with Crippen molar-refractivity contribution in [3.05, 3.63) is 35.9 Å². The summed E-state index contributed by atoms with van der Waals surface area (Å²) in [4.78, 5) is 33.2. The molecule has 32 heavy (non-hydrogen) atoms. The van der Waals surface area contributed by atoms with Crippen LogP contribution in [0.4, 0.5) is 4.79 Å². The quantitative estimate of drug-likeness (QED) is 0.550. The normalized spacial score (nSPS) is 17.0. The van der Waals surface area contributed by atoms with Crippen molar-refractivity contribution in [2.24, 2.45) is 0 Å². The first-order chi connectivity index (χ1) is 15.4. The molecule has 1 aromatic carbocycles. The lowest BCUT2D eigenvalue weighted by Gasteiger charge is -2.30. The highest BCUT2D eigenvalue weighted by Gasteiger charge is 2.21. The van der Waals surface area contributed by atoms with E-state index in [9.17, 15) is 14.4 Å². The highest BCUT2D eigenvalue weighted by molar-refractivity contribution is 5.81. The number of carbonyl (C=O) groups excluding carboxylic acids is 1. The van der Waals surface area contributed by atoms with Crippen LogP contribution in [0.1, 0.15) is 69.8 Å². The monoisotopic (exact) mass is 448 g/mol. The smallest absolute Gasteiger partial charge is 0.411 e. The van der Waals surface area contributed by atoms with Gasteiger partial charge in [0.25, 0.3) is 0 Å². The van der Waals surface area contributed by atoms with E-state index in [4.69, 9.17) is 14.9 Å². The van der Waals surface area contributed by atoms with E-state index in [1.807, 2.05) is 0 Å². The van der Waals surface area contributed by atoms with E-state index in [-0.39, 0.29) is 6.61 Å². The number of carboxylic acids is 2. The molecule has 1 amide bonds. The van der Waals surface area contributed by atoms with Gasteiger partial charge in [0.2, 0.25) is 0 Å². The highest BCUT2D eigenvalue weighted by atomic mass is 16.6. The van der Waals surface area contributed by atoms with Gasteiger partial charge in [0.05, 0.1) is 0 Å². The Labute approximate surface area is 189 Å². The fourth-order valence-corrected chi connectivity index (χ4v) is 4.19. The summed E-state index contributed by atoms with van der Waals surface area (Å²) in [7, 11) is 0. The Morgan fingerprint density at radius 1 is 0.812 bits per heavy atom. The van der Waals surface area contributed by atoms with E-state index in [1.165, 1.54) is 64.2 Å². The second-order valence-electron chi connectivity index (χ2n) is 8.52. The second-order valence-corrected chi connectivity index (χ2v) is 8.52. The van der Waals surface area contributed by atoms with Gasteiger partial charge in [-0.25, -0.2) is 4.79 Å². The lowest BCUT2D eigenvalue weighted by atomic mass is 9.91. The van der Waals surface area contributed by atoms with E-state index in [0.29, 0.717) is 4.90 Å². The van der Waals surface area contributed by atoms with Gasteiger partial charge >= 0.3 is 18.0 Å². The summed E-state index contributed by atoms with van der Waals surface area (Å²) in [6, 6.07) is 10.5. The Morgan fingerprint density at radius 3 is 1.72 bits per heavy atom. The summed E-state index contributed by atoms with van der Waals surface area (Å²) in [5, 5.41) is 21.0. The van der Waals surface area contributed by atoms with Crippen molar-refractivity contribution in [1.82, 2.24) is 10.2 Å². The average molecular weight is 449 g/mol. The average Bonchev–Trinajstić information content (AvgIpc) is 2.79. The van der Waals surface area contributed by atoms with Crippen LogP contribution in [0.15, 0.2) is 30.3 Å². The number of rotatable bonds is 8. The van der Waals surface area contributed by atoms with Crippen LogP contribution in [-0.2, 0) is 20.9 Å². The molecule has 0 heterocycles. The van der Waals surface area contributed by atoms with Crippen molar-refractivity contribution in [2.75, 3.05) is 13.1 Å². The summed E-state index contributed by atoms with van der Waals surface area (Å²) in [6.45, 7) is -1.49. The molecule has 0 atom stereocenters. The molecular formula is C24H36N2O6. The fraction of sp³-hybridized carbons (Fsp3) is 0.625. The number of nitrogens with zero attached hydrogens (tertiary/aromatic N) is 1. The number of carboxylic acid groups (broad SMARTS) is 2. The van der Waals surface area contributed by atoms with Gasteiger partial charge in [-0.2, -0.15) is 0 Å². The highest BCUT2D eigenvalue weighted by Crippen LogP contribution is 2.22. The second kappa shape index (κ2) is 14.5. The van der Waals surface area contributed by atoms with Gasteiger partial charge < -0.3 is 20.3 Å². The van der Waals surface area contributed by atoms with Crippen molar-refractivity contribution in [1.29, 1.82) is 0 Å². The Balaban J connectivity index is 0.000000242. The molecule has 0 bridgehead atoms. The number of benzene rings is 1. The van der Waals surface area contributed by atoms with E-state index in [0.717, 1.165) is 17.6 Å². The van der Waals surface area contributed by atoms with Gasteiger partial charge in [-0.15, -0.1) is 0 Å². The molecule has 0 spiro atoms. The van der Waals surface area contributed by atoms with E-state index in [2.05, 4.69) is 5.32 Å². The predicted molar refractivity (Wildman–Crippen MR) is 120 cm³/mol. The molecule has 8 heteroatoms. The maximum atomic E-state index is 11.6. The van der Waals surface area contributed by atoms with Gasteiger partial charge in [0, 0.05) is 12.1 Å². The molecule has 178 valence electrons. The van der Waals surface area contributed by atoms with Crippen LogP contribution in [0.5, 0.6) is 0 Å². The summed E-state index contributed by atoms with van der Waals surface area (Å²) in [5.41, 5.74) is 0.724. The molecule has 0 radical (unpaired) electrons. The third-order valence-electron chi connectivity index (χ3n) is 5.80. The number of nitrogens with one attached hydrogen (secondary N) is 1. The van der Waals surface area contributed by atoms with Crippen molar-refractivity contribution in [2.45, 2.75) is 82.9 Å². The minimum Gasteiger partial charge on any atom is -0.480 e. The molecule has 3 rings (SSSR count). The first kappa shape index (κ1) is 25.6. The zero-order chi connectivity index (χ0) is 23.2. The third kappa shape index (κ3) is 10.6. The number of hydrogen-bond acceptors (Lipinski definition) is 5. The van der Waals surface area contributed by atoms with Crippen LogP contribution in [-0.4, -0.2) is 58.3 Å². The lowest BCUT2D eigenvalue weighted by molar-refractivity contribution is -0.141. The SMILES string of the molecule is C1CCC(NC2CCCCC2)CC1.O=C(O)CN(CC(=O)O)C(=O)OCc1ccccc1. The van der Waals surface area contributed by atoms with Gasteiger partial charge in [-0.05, 0) is 31.2 Å². The Morgan fingerprint density at radius 2 is 1.28 bits per heavy atom. The summed E-state index contributed by atoms with van der Waals surface area (Å²) in [6.07, 6.45) is 13.6. The molecule has 0 aromatic heterocycles. The standard InChI is InChI=1S/C12H13NO6.C12H23N/c14-10(15)6-13(7-11(16)17)12(18)19-8-9-4-2-1-3-5-9;1-3-7-11(8-4-1)13-12-9-5-2-6-10-12/h1-5H,6-8H2,(H,14,15)(H,16,17);11-13H,1-10H2. The molecule has 0 saturated heterocycles. The van der Waals surface area contributed by atoms with E-state index < -0.39 is 31.1 Å². The fourth-order valence-electron chi connectivity index (χ4n) is 4.19. The number of ether oxygens (including phenoxy) is 1. The summed E-state index contributed by atoms with van der Waals surface area (Å²) >= 11 is 0. The zero-order valence-corrected chi connectivity index (χ0v) is 18.7. The Hall–Kier alpha value is -2.61. The maximum absolute atomic E-state index is 11.6. The molecule has 1 aromatic rings. The topological polar surface area (TPSA) is 116 Å². The van der Waals surface area contributed by atoms with Crippen LogP contribution in [0, 0.1) is 0 Å². The molecule has 2 saturated carbocycles. The first-order valence-electron chi connectivity index (χ1n) is 11.6. The molecule has 0 unspecified atom stereocenters. The van der Waals surface area contributed by atoms with Crippen LogP contribution < -0.4 is 5.32 Å². The van der Waals surface area contributed by atoms with Gasteiger partial charge in [-0.3, -0.25) is 14.5 Å². The van der Waals surface area contributed by atoms with Gasteiger partial charge in [0.1, 0.15) is 19.7 Å². The van der Waals surface area contributed by atoms with Crippen LogP contribution in [0.2, 0.25) is 0 Å². The molecule has 2 aliphatic rings. The summed E-state index contributed by atoms with van der Waals surface area (Å²) in [5.74, 6) is -2.61. The maximum Gasteiger partial charge on any atom is 0.411 e.